The van der Waals surface area contributed by atoms with Gasteiger partial charge in [0.25, 0.3) is 0 Å². The summed E-state index contributed by atoms with van der Waals surface area (Å²) < 4.78 is 1.95. The fourth-order valence-electron chi connectivity index (χ4n) is 3.31. The lowest BCUT2D eigenvalue weighted by Crippen LogP contribution is -2.39. The summed E-state index contributed by atoms with van der Waals surface area (Å²) in [5.74, 6) is 0.617. The Morgan fingerprint density at radius 1 is 1.27 bits per heavy atom. The molecule has 5 nitrogen and oxygen atoms in total. The number of nitrogens with two attached hydrogens (primary N) is 1. The summed E-state index contributed by atoms with van der Waals surface area (Å²) in [6.07, 6.45) is 9.83. The van der Waals surface area contributed by atoms with Crippen LogP contribution in [0.15, 0.2) is 4.99 Å². The molecule has 2 rings (SSSR count). The molecule has 1 aliphatic carbocycles. The fraction of sp³-hybridized carbons (Fsp3) is 0.765. The van der Waals surface area contributed by atoms with Gasteiger partial charge in [0.1, 0.15) is 0 Å². The van der Waals surface area contributed by atoms with Crippen LogP contribution >= 0.6 is 0 Å². The molecule has 0 aliphatic heterocycles. The van der Waals surface area contributed by atoms with Crippen LogP contribution in [0.4, 0.5) is 0 Å². The number of aryl methyl sites for hydroxylation is 2. The first-order valence-electron chi connectivity index (χ1n) is 8.63. The smallest absolute Gasteiger partial charge is 0.188 e. The number of aliphatic imine (C=N–C) groups is 1. The summed E-state index contributed by atoms with van der Waals surface area (Å²) in [5, 5.41) is 7.85. The van der Waals surface area contributed by atoms with E-state index in [0.29, 0.717) is 12.0 Å². The highest BCUT2D eigenvalue weighted by molar-refractivity contribution is 5.78. The lowest BCUT2D eigenvalue weighted by molar-refractivity contribution is 0.530. The second-order valence-electron chi connectivity index (χ2n) is 6.48. The summed E-state index contributed by atoms with van der Waals surface area (Å²) in [6, 6.07) is 0.522. The summed E-state index contributed by atoms with van der Waals surface area (Å²) in [5.41, 5.74) is 9.76. The molecule has 0 bridgehead atoms. The van der Waals surface area contributed by atoms with Crippen LogP contribution < -0.4 is 11.1 Å². The first-order valence-corrected chi connectivity index (χ1v) is 8.63. The second-order valence-corrected chi connectivity index (χ2v) is 6.48. The van der Waals surface area contributed by atoms with E-state index >= 15 is 0 Å². The van der Waals surface area contributed by atoms with E-state index in [2.05, 4.69) is 29.3 Å². The normalized spacial score (nSPS) is 17.5. The minimum atomic E-state index is 0.522. The Morgan fingerprint density at radius 3 is 2.55 bits per heavy atom. The summed E-state index contributed by atoms with van der Waals surface area (Å²) in [6.45, 7) is 4.98. The van der Waals surface area contributed by atoms with Gasteiger partial charge in [-0.1, -0.05) is 25.7 Å². The molecule has 5 heteroatoms. The fourth-order valence-corrected chi connectivity index (χ4v) is 3.31. The van der Waals surface area contributed by atoms with Crippen LogP contribution in [0.5, 0.6) is 0 Å². The maximum Gasteiger partial charge on any atom is 0.188 e. The lowest BCUT2D eigenvalue weighted by atomic mass is 10.1. The lowest BCUT2D eigenvalue weighted by Gasteiger charge is -2.16. The molecule has 1 saturated carbocycles. The summed E-state index contributed by atoms with van der Waals surface area (Å²) in [4.78, 5) is 4.49. The van der Waals surface area contributed by atoms with Crippen molar-refractivity contribution in [1.29, 1.82) is 0 Å². The van der Waals surface area contributed by atoms with E-state index in [1.807, 2.05) is 11.7 Å². The first-order chi connectivity index (χ1) is 10.6. The van der Waals surface area contributed by atoms with Crippen molar-refractivity contribution in [2.45, 2.75) is 71.3 Å². The third-order valence-electron chi connectivity index (χ3n) is 4.73. The average molecular weight is 305 g/mol. The van der Waals surface area contributed by atoms with Gasteiger partial charge in [0.15, 0.2) is 5.96 Å². The van der Waals surface area contributed by atoms with Crippen LogP contribution in [0.25, 0.3) is 0 Å². The number of rotatable bonds is 5. The molecule has 1 heterocycles. The van der Waals surface area contributed by atoms with E-state index in [1.54, 1.807) is 0 Å². The molecule has 3 N–H and O–H groups in total. The van der Waals surface area contributed by atoms with E-state index in [4.69, 9.17) is 5.73 Å². The van der Waals surface area contributed by atoms with Crippen molar-refractivity contribution in [2.24, 2.45) is 17.8 Å². The van der Waals surface area contributed by atoms with Gasteiger partial charge < -0.3 is 11.1 Å². The Kier molecular flexibility index (Phi) is 6.28. The highest BCUT2D eigenvalue weighted by Gasteiger charge is 2.12. The number of aromatic nitrogens is 2. The van der Waals surface area contributed by atoms with Crippen LogP contribution in [-0.2, 0) is 13.5 Å². The van der Waals surface area contributed by atoms with Crippen LogP contribution in [0.3, 0.4) is 0 Å². The third-order valence-corrected chi connectivity index (χ3v) is 4.73. The molecular weight excluding hydrogens is 274 g/mol. The van der Waals surface area contributed by atoms with Gasteiger partial charge in [-0.05, 0) is 45.1 Å². The van der Waals surface area contributed by atoms with E-state index in [-0.39, 0.29) is 0 Å². The average Bonchev–Trinajstić information content (AvgIpc) is 2.67. The Balaban J connectivity index is 1.74. The molecule has 22 heavy (non-hydrogen) atoms. The molecule has 1 fully saturated rings. The summed E-state index contributed by atoms with van der Waals surface area (Å²) in [7, 11) is 2.00. The monoisotopic (exact) mass is 305 g/mol. The Morgan fingerprint density at radius 2 is 1.95 bits per heavy atom. The summed E-state index contributed by atoms with van der Waals surface area (Å²) >= 11 is 0. The van der Waals surface area contributed by atoms with E-state index in [9.17, 15) is 0 Å². The predicted octanol–water partition coefficient (Wildman–Crippen LogP) is 2.60. The highest BCUT2D eigenvalue weighted by atomic mass is 15.3. The van der Waals surface area contributed by atoms with Crippen molar-refractivity contribution in [2.75, 3.05) is 6.54 Å². The van der Waals surface area contributed by atoms with Gasteiger partial charge in [0.05, 0.1) is 5.69 Å². The highest BCUT2D eigenvalue weighted by Crippen LogP contribution is 2.17. The zero-order valence-corrected chi connectivity index (χ0v) is 14.4. The Hall–Kier alpha value is -1.52. The molecule has 0 radical (unpaired) electrons. The molecule has 124 valence electrons. The van der Waals surface area contributed by atoms with E-state index in [0.717, 1.165) is 25.1 Å². The second kappa shape index (κ2) is 8.20. The van der Waals surface area contributed by atoms with E-state index < -0.39 is 0 Å². The zero-order chi connectivity index (χ0) is 15.9. The Labute approximate surface area is 134 Å². The van der Waals surface area contributed by atoms with Crippen molar-refractivity contribution in [3.8, 4) is 0 Å². The SMILES string of the molecule is Cc1nn(C)c(C)c1CCCN=C(N)NC1CCCCCC1. The van der Waals surface area contributed by atoms with Crippen molar-refractivity contribution in [3.63, 3.8) is 0 Å². The molecule has 0 saturated heterocycles. The maximum absolute atomic E-state index is 6.02. The van der Waals surface area contributed by atoms with Crippen LogP contribution in [0, 0.1) is 13.8 Å². The van der Waals surface area contributed by atoms with Crippen LogP contribution in [0.1, 0.15) is 61.9 Å². The minimum absolute atomic E-state index is 0.522. The number of guanidine groups is 1. The van der Waals surface area contributed by atoms with Gasteiger partial charge >= 0.3 is 0 Å². The standard InChI is InChI=1S/C17H31N5/c1-13-16(14(2)22(3)21-13)11-8-12-19-17(18)20-15-9-6-4-5-7-10-15/h15H,4-12H2,1-3H3,(H3,18,19,20). The van der Waals surface area contributed by atoms with E-state index in [1.165, 1.54) is 49.8 Å². The molecule has 0 aromatic carbocycles. The van der Waals surface area contributed by atoms with Gasteiger partial charge in [-0.2, -0.15) is 5.10 Å². The first kappa shape index (κ1) is 16.8. The van der Waals surface area contributed by atoms with Gasteiger partial charge in [0.2, 0.25) is 0 Å². The number of hydrogen-bond donors (Lipinski definition) is 2. The predicted molar refractivity (Wildman–Crippen MR) is 92.1 cm³/mol. The number of nitrogens with zero attached hydrogens (tertiary/aromatic N) is 3. The van der Waals surface area contributed by atoms with Crippen LogP contribution in [-0.4, -0.2) is 28.3 Å². The maximum atomic E-state index is 6.02. The molecule has 0 amide bonds. The van der Waals surface area contributed by atoms with Crippen molar-refractivity contribution < 1.29 is 0 Å². The topological polar surface area (TPSA) is 68.2 Å². The molecule has 0 atom stereocenters. The molecular formula is C17H31N5. The number of hydrogen-bond acceptors (Lipinski definition) is 2. The van der Waals surface area contributed by atoms with Gasteiger partial charge in [-0.15, -0.1) is 0 Å². The number of nitrogens with one attached hydrogen (secondary N) is 1. The molecule has 0 spiro atoms. The van der Waals surface area contributed by atoms with Gasteiger partial charge in [0, 0.05) is 25.3 Å². The van der Waals surface area contributed by atoms with Crippen LogP contribution in [0.2, 0.25) is 0 Å². The minimum Gasteiger partial charge on any atom is -0.370 e. The molecule has 0 unspecified atom stereocenters. The molecule has 1 aromatic rings. The Bertz CT molecular complexity index is 495. The van der Waals surface area contributed by atoms with Crippen molar-refractivity contribution >= 4 is 5.96 Å². The zero-order valence-electron chi connectivity index (χ0n) is 14.4. The van der Waals surface area contributed by atoms with Gasteiger partial charge in [-0.25, -0.2) is 0 Å². The van der Waals surface area contributed by atoms with Crippen molar-refractivity contribution in [1.82, 2.24) is 15.1 Å². The molecule has 1 aromatic heterocycles. The molecule has 1 aliphatic rings. The largest absolute Gasteiger partial charge is 0.370 e. The van der Waals surface area contributed by atoms with Crippen molar-refractivity contribution in [3.05, 3.63) is 17.0 Å². The van der Waals surface area contributed by atoms with Gasteiger partial charge in [-0.3, -0.25) is 9.67 Å². The third kappa shape index (κ3) is 4.75. The quantitative estimate of drug-likeness (QED) is 0.380.